The van der Waals surface area contributed by atoms with E-state index in [1.165, 1.54) is 9.13 Å². The first-order valence-electron chi connectivity index (χ1n) is 6.40. The zero-order chi connectivity index (χ0) is 14.2. The molecule has 0 saturated heterocycles. The smallest absolute Gasteiger partial charge is 0.321 e. The molecule has 7 heteroatoms. The third-order valence-corrected chi connectivity index (χ3v) is 3.28. The summed E-state index contributed by atoms with van der Waals surface area (Å²) in [6, 6.07) is 0. The summed E-state index contributed by atoms with van der Waals surface area (Å²) in [6.45, 7) is 5.31. The average molecular weight is 265 g/mol. The van der Waals surface area contributed by atoms with Crippen LogP contribution in [0.3, 0.4) is 0 Å². The van der Waals surface area contributed by atoms with E-state index >= 15 is 0 Å². The van der Waals surface area contributed by atoms with E-state index in [2.05, 4.69) is 10.3 Å². The van der Waals surface area contributed by atoms with E-state index in [-0.39, 0.29) is 11.2 Å². The largest absolute Gasteiger partial charge is 0.332 e. The molecule has 1 N–H and O–H groups in total. The summed E-state index contributed by atoms with van der Waals surface area (Å²) in [4.78, 5) is 28.9. The Morgan fingerprint density at radius 2 is 1.79 bits per heavy atom. The van der Waals surface area contributed by atoms with Gasteiger partial charge in [0.2, 0.25) is 0 Å². The van der Waals surface area contributed by atoms with Crippen LogP contribution in [0.4, 0.5) is 0 Å². The number of nitrogens with zero attached hydrogens (tertiary/aromatic N) is 4. The zero-order valence-electron chi connectivity index (χ0n) is 11.7. The van der Waals surface area contributed by atoms with Crippen molar-refractivity contribution >= 4 is 11.2 Å². The molecule has 19 heavy (non-hydrogen) atoms. The van der Waals surface area contributed by atoms with Crippen LogP contribution < -0.4 is 16.6 Å². The molecule has 0 bridgehead atoms. The van der Waals surface area contributed by atoms with Crippen molar-refractivity contribution in [3.63, 3.8) is 0 Å². The Morgan fingerprint density at radius 1 is 1.16 bits per heavy atom. The molecular formula is C12H19N5O2. The highest BCUT2D eigenvalue weighted by Gasteiger charge is 2.18. The van der Waals surface area contributed by atoms with Gasteiger partial charge in [-0.2, -0.15) is 0 Å². The fourth-order valence-electron chi connectivity index (χ4n) is 2.33. The van der Waals surface area contributed by atoms with Crippen molar-refractivity contribution in [3.8, 4) is 0 Å². The Kier molecular flexibility index (Phi) is 3.57. The maximum absolute atomic E-state index is 12.4. The fraction of sp³-hybridized carbons (Fsp3) is 0.583. The lowest BCUT2D eigenvalue weighted by Crippen LogP contribution is -2.39. The summed E-state index contributed by atoms with van der Waals surface area (Å²) in [5, 5.41) is 3.02. The Morgan fingerprint density at radius 3 is 2.32 bits per heavy atom. The predicted molar refractivity (Wildman–Crippen MR) is 73.3 cm³/mol. The van der Waals surface area contributed by atoms with E-state index < -0.39 is 0 Å². The highest BCUT2D eigenvalue weighted by Crippen LogP contribution is 2.10. The summed E-state index contributed by atoms with van der Waals surface area (Å²) in [6.07, 6.45) is 0. The first-order chi connectivity index (χ1) is 9.06. The van der Waals surface area contributed by atoms with Crippen LogP contribution in [0.25, 0.3) is 11.2 Å². The normalized spacial score (nSPS) is 11.4. The molecule has 0 aliphatic rings. The molecule has 0 aliphatic heterocycles. The second kappa shape index (κ2) is 5.00. The van der Waals surface area contributed by atoms with E-state index in [1.807, 2.05) is 18.5 Å². The first-order valence-corrected chi connectivity index (χ1v) is 6.40. The van der Waals surface area contributed by atoms with Crippen LogP contribution in [0.1, 0.15) is 19.7 Å². The number of fused-ring (bicyclic) bond motifs is 1. The molecular weight excluding hydrogens is 246 g/mol. The summed E-state index contributed by atoms with van der Waals surface area (Å²) in [5.74, 6) is 0.765. The van der Waals surface area contributed by atoms with Gasteiger partial charge in [0, 0.05) is 20.1 Å². The Hall–Kier alpha value is -1.89. The van der Waals surface area contributed by atoms with Gasteiger partial charge in [-0.15, -0.1) is 0 Å². The van der Waals surface area contributed by atoms with Crippen LogP contribution in [-0.4, -0.2) is 25.7 Å². The lowest BCUT2D eigenvalue weighted by Gasteiger charge is -2.07. The maximum Gasteiger partial charge on any atom is 0.332 e. The number of hydrogen-bond donors (Lipinski definition) is 1. The molecule has 2 aromatic heterocycles. The van der Waals surface area contributed by atoms with Crippen LogP contribution in [-0.2, 0) is 26.7 Å². The topological polar surface area (TPSA) is 73.8 Å². The van der Waals surface area contributed by atoms with Crippen molar-refractivity contribution in [2.75, 3.05) is 7.05 Å². The van der Waals surface area contributed by atoms with Gasteiger partial charge in [0.25, 0.3) is 5.56 Å². The van der Waals surface area contributed by atoms with Gasteiger partial charge < -0.3 is 9.88 Å². The third-order valence-electron chi connectivity index (χ3n) is 3.28. The summed E-state index contributed by atoms with van der Waals surface area (Å²) < 4.78 is 4.53. The highest BCUT2D eigenvalue weighted by molar-refractivity contribution is 5.71. The fourth-order valence-corrected chi connectivity index (χ4v) is 2.33. The number of nitrogens with one attached hydrogen (secondary N) is 1. The molecule has 2 heterocycles. The minimum absolute atomic E-state index is 0.266. The number of hydrogen-bond acceptors (Lipinski definition) is 4. The average Bonchev–Trinajstić information content (AvgIpc) is 2.76. The molecule has 104 valence electrons. The molecule has 0 spiro atoms. The molecule has 0 radical (unpaired) electrons. The highest BCUT2D eigenvalue weighted by atomic mass is 16.2. The Bertz CT molecular complexity index is 722. The van der Waals surface area contributed by atoms with Gasteiger partial charge in [-0.05, 0) is 20.9 Å². The molecule has 0 amide bonds. The lowest BCUT2D eigenvalue weighted by molar-refractivity contribution is 0.630. The maximum atomic E-state index is 12.4. The molecule has 0 saturated carbocycles. The second-order valence-electron chi connectivity index (χ2n) is 4.37. The summed E-state index contributed by atoms with van der Waals surface area (Å²) >= 11 is 0. The monoisotopic (exact) mass is 265 g/mol. The molecule has 7 nitrogen and oxygen atoms in total. The molecule has 0 fully saturated rings. The van der Waals surface area contributed by atoms with Gasteiger partial charge in [0.15, 0.2) is 11.2 Å². The Balaban J connectivity index is 2.97. The van der Waals surface area contributed by atoms with Gasteiger partial charge in [-0.25, -0.2) is 9.78 Å². The summed E-state index contributed by atoms with van der Waals surface area (Å²) in [5.41, 5.74) is 0.359. The van der Waals surface area contributed by atoms with Gasteiger partial charge in [0.1, 0.15) is 5.82 Å². The lowest BCUT2D eigenvalue weighted by atomic mass is 10.4. The van der Waals surface area contributed by atoms with Gasteiger partial charge in [0.05, 0.1) is 6.54 Å². The molecule has 2 rings (SSSR count). The van der Waals surface area contributed by atoms with E-state index in [0.717, 1.165) is 5.82 Å². The summed E-state index contributed by atoms with van der Waals surface area (Å²) in [7, 11) is 3.47. The van der Waals surface area contributed by atoms with E-state index in [1.54, 1.807) is 14.0 Å². The van der Waals surface area contributed by atoms with E-state index in [9.17, 15) is 9.59 Å². The minimum atomic E-state index is -0.322. The standard InChI is InChI=1S/C12H19N5O2/c1-5-16-8(7-13-3)14-10-9(16)11(18)17(6-2)12(19)15(10)4/h13H,5-7H2,1-4H3. The van der Waals surface area contributed by atoms with Crippen LogP contribution >= 0.6 is 0 Å². The first kappa shape index (κ1) is 13.5. The number of aryl methyl sites for hydroxylation is 2. The quantitative estimate of drug-likeness (QED) is 0.820. The minimum Gasteiger partial charge on any atom is -0.321 e. The van der Waals surface area contributed by atoms with E-state index in [0.29, 0.717) is 30.8 Å². The number of aromatic nitrogens is 4. The van der Waals surface area contributed by atoms with Gasteiger partial charge in [-0.1, -0.05) is 0 Å². The van der Waals surface area contributed by atoms with Crippen LogP contribution in [0.2, 0.25) is 0 Å². The molecule has 0 atom stereocenters. The number of imidazole rings is 1. The molecule has 0 unspecified atom stereocenters. The van der Waals surface area contributed by atoms with Crippen LogP contribution in [0.5, 0.6) is 0 Å². The zero-order valence-corrected chi connectivity index (χ0v) is 11.7. The molecule has 0 aromatic carbocycles. The van der Waals surface area contributed by atoms with Crippen molar-refractivity contribution in [1.29, 1.82) is 0 Å². The predicted octanol–water partition coefficient (Wildman–Crippen LogP) is -0.344. The SMILES string of the molecule is CCn1c(=O)c2c(nc(CNC)n2CC)n(C)c1=O. The van der Waals surface area contributed by atoms with Gasteiger partial charge >= 0.3 is 5.69 Å². The van der Waals surface area contributed by atoms with Crippen molar-refractivity contribution in [1.82, 2.24) is 24.0 Å². The second-order valence-corrected chi connectivity index (χ2v) is 4.37. The van der Waals surface area contributed by atoms with E-state index in [4.69, 9.17) is 0 Å². The third kappa shape index (κ3) is 1.90. The molecule has 2 aromatic rings. The van der Waals surface area contributed by atoms with Gasteiger partial charge in [-0.3, -0.25) is 13.9 Å². The van der Waals surface area contributed by atoms with Crippen molar-refractivity contribution in [2.24, 2.45) is 7.05 Å². The van der Waals surface area contributed by atoms with Crippen LogP contribution in [0.15, 0.2) is 9.59 Å². The van der Waals surface area contributed by atoms with Crippen LogP contribution in [0, 0.1) is 0 Å². The number of rotatable bonds is 4. The van der Waals surface area contributed by atoms with Crippen molar-refractivity contribution in [2.45, 2.75) is 33.5 Å². The van der Waals surface area contributed by atoms with Crippen molar-refractivity contribution < 1.29 is 0 Å². The Labute approximate surface area is 110 Å². The van der Waals surface area contributed by atoms with Crippen molar-refractivity contribution in [3.05, 3.63) is 26.7 Å². The molecule has 0 aliphatic carbocycles.